The van der Waals surface area contributed by atoms with Crippen molar-refractivity contribution in [2.75, 3.05) is 6.61 Å². The van der Waals surface area contributed by atoms with Crippen LogP contribution in [0, 0.1) is 11.8 Å². The van der Waals surface area contributed by atoms with Gasteiger partial charge in [-0.1, -0.05) is 30.5 Å². The van der Waals surface area contributed by atoms with E-state index in [9.17, 15) is 9.90 Å². The summed E-state index contributed by atoms with van der Waals surface area (Å²) in [5.41, 5.74) is 0.392. The fourth-order valence-corrected chi connectivity index (χ4v) is 3.07. The van der Waals surface area contributed by atoms with E-state index in [0.717, 1.165) is 30.2 Å². The van der Waals surface area contributed by atoms with Gasteiger partial charge in [-0.3, -0.25) is 0 Å². The molecule has 1 aromatic heterocycles. The molecule has 1 aliphatic rings. The van der Waals surface area contributed by atoms with E-state index in [1.54, 1.807) is 6.92 Å². The maximum atomic E-state index is 12.3. The van der Waals surface area contributed by atoms with Crippen LogP contribution in [-0.4, -0.2) is 28.0 Å². The van der Waals surface area contributed by atoms with Crippen LogP contribution in [-0.2, 0) is 4.74 Å². The van der Waals surface area contributed by atoms with Crippen LogP contribution in [0.25, 0.3) is 10.9 Å². The molecule has 0 unspecified atom stereocenters. The number of para-hydroxylation sites is 1. The number of hydrogen-bond donors (Lipinski definition) is 1. The fraction of sp³-hybridized carbons (Fsp3) is 0.421. The van der Waals surface area contributed by atoms with E-state index >= 15 is 0 Å². The first kappa shape index (κ1) is 15.6. The molecule has 4 nitrogen and oxygen atoms in total. The third kappa shape index (κ3) is 3.25. The van der Waals surface area contributed by atoms with Crippen LogP contribution in [0.1, 0.15) is 44.7 Å². The maximum absolute atomic E-state index is 12.3. The second kappa shape index (κ2) is 6.47. The SMILES string of the molecule is CCOC(=O)n1c(C#CC2(O)CCCCC2)cc2ccccc21. The minimum absolute atomic E-state index is 0.308. The minimum atomic E-state index is -0.936. The number of nitrogens with zero attached hydrogens (tertiary/aromatic N) is 1. The number of aromatic nitrogens is 1. The van der Waals surface area contributed by atoms with Gasteiger partial charge in [0, 0.05) is 5.39 Å². The quantitative estimate of drug-likeness (QED) is 0.817. The fourth-order valence-electron chi connectivity index (χ4n) is 3.07. The van der Waals surface area contributed by atoms with Gasteiger partial charge in [0.05, 0.1) is 12.1 Å². The zero-order valence-corrected chi connectivity index (χ0v) is 13.3. The Morgan fingerprint density at radius 1 is 1.30 bits per heavy atom. The third-order valence-corrected chi connectivity index (χ3v) is 4.27. The van der Waals surface area contributed by atoms with Gasteiger partial charge in [-0.15, -0.1) is 0 Å². The van der Waals surface area contributed by atoms with Crippen LogP contribution >= 0.6 is 0 Å². The van der Waals surface area contributed by atoms with E-state index in [1.165, 1.54) is 4.57 Å². The Balaban J connectivity index is 2.03. The lowest BCUT2D eigenvalue weighted by Crippen LogP contribution is -2.29. The lowest BCUT2D eigenvalue weighted by Gasteiger charge is -2.26. The van der Waals surface area contributed by atoms with Crippen molar-refractivity contribution in [3.63, 3.8) is 0 Å². The smallest absolute Gasteiger partial charge is 0.419 e. The molecule has 0 amide bonds. The van der Waals surface area contributed by atoms with E-state index in [4.69, 9.17) is 4.74 Å². The van der Waals surface area contributed by atoms with Gasteiger partial charge >= 0.3 is 6.09 Å². The summed E-state index contributed by atoms with van der Waals surface area (Å²) in [5, 5.41) is 11.5. The van der Waals surface area contributed by atoms with E-state index in [2.05, 4.69) is 11.8 Å². The Kier molecular flexibility index (Phi) is 4.40. The molecule has 1 fully saturated rings. The van der Waals surface area contributed by atoms with E-state index in [0.29, 0.717) is 25.1 Å². The molecular formula is C19H21NO3. The largest absolute Gasteiger partial charge is 0.449 e. The summed E-state index contributed by atoms with van der Waals surface area (Å²) >= 11 is 0. The standard InChI is InChI=1S/C19H21NO3/c1-2-23-18(21)20-16(14-15-8-4-5-9-17(15)20)10-13-19(22)11-6-3-7-12-19/h4-5,8-9,14,22H,2-3,6-7,11-12H2,1H3. The molecule has 4 heteroatoms. The van der Waals surface area contributed by atoms with E-state index in [1.807, 2.05) is 30.3 Å². The number of benzene rings is 1. The zero-order valence-electron chi connectivity index (χ0n) is 13.3. The van der Waals surface area contributed by atoms with Gasteiger partial charge in [-0.25, -0.2) is 9.36 Å². The van der Waals surface area contributed by atoms with Gasteiger partial charge in [0.1, 0.15) is 11.3 Å². The van der Waals surface area contributed by atoms with Crippen molar-refractivity contribution in [3.8, 4) is 11.8 Å². The van der Waals surface area contributed by atoms with Crippen molar-refractivity contribution in [1.82, 2.24) is 4.57 Å². The topological polar surface area (TPSA) is 51.5 Å². The lowest BCUT2D eigenvalue weighted by molar-refractivity contribution is 0.0610. The molecule has 0 atom stereocenters. The number of carbonyl (C=O) groups excluding carboxylic acids is 1. The summed E-state index contributed by atoms with van der Waals surface area (Å²) in [4.78, 5) is 12.3. The Morgan fingerprint density at radius 3 is 2.78 bits per heavy atom. The van der Waals surface area contributed by atoms with Gasteiger partial charge in [0.15, 0.2) is 0 Å². The molecule has 0 saturated heterocycles. The Hall–Kier alpha value is -2.25. The average molecular weight is 311 g/mol. The summed E-state index contributed by atoms with van der Waals surface area (Å²) < 4.78 is 6.63. The first-order valence-electron chi connectivity index (χ1n) is 8.16. The van der Waals surface area contributed by atoms with Gasteiger partial charge < -0.3 is 9.84 Å². The summed E-state index contributed by atoms with van der Waals surface area (Å²) in [6.45, 7) is 2.09. The first-order chi connectivity index (χ1) is 11.1. The predicted octanol–water partition coefficient (Wildman–Crippen LogP) is 3.69. The summed E-state index contributed by atoms with van der Waals surface area (Å²) in [6, 6.07) is 9.47. The molecule has 1 saturated carbocycles. The molecule has 1 N–H and O–H groups in total. The van der Waals surface area contributed by atoms with Crippen LogP contribution in [0.15, 0.2) is 30.3 Å². The Labute approximate surface area is 136 Å². The van der Waals surface area contributed by atoms with Gasteiger partial charge in [-0.2, -0.15) is 0 Å². The number of fused-ring (bicyclic) bond motifs is 1. The first-order valence-corrected chi connectivity index (χ1v) is 8.16. The van der Waals surface area contributed by atoms with Crippen LogP contribution in [0.2, 0.25) is 0 Å². The molecule has 3 rings (SSSR count). The second-order valence-corrected chi connectivity index (χ2v) is 5.96. The van der Waals surface area contributed by atoms with Crippen molar-refractivity contribution in [1.29, 1.82) is 0 Å². The van der Waals surface area contributed by atoms with E-state index in [-0.39, 0.29) is 0 Å². The van der Waals surface area contributed by atoms with Crippen LogP contribution in [0.4, 0.5) is 4.79 Å². The Morgan fingerprint density at radius 2 is 2.04 bits per heavy atom. The third-order valence-electron chi connectivity index (χ3n) is 4.27. The number of rotatable bonds is 1. The molecule has 1 heterocycles. The molecule has 0 bridgehead atoms. The molecule has 23 heavy (non-hydrogen) atoms. The number of ether oxygens (including phenoxy) is 1. The summed E-state index contributed by atoms with van der Waals surface area (Å²) in [6.07, 6.45) is 4.08. The summed E-state index contributed by atoms with van der Waals surface area (Å²) in [5.74, 6) is 6.00. The van der Waals surface area contributed by atoms with Gasteiger partial charge in [0.2, 0.25) is 0 Å². The molecule has 120 valence electrons. The molecule has 1 aromatic carbocycles. The van der Waals surface area contributed by atoms with Crippen LogP contribution in [0.5, 0.6) is 0 Å². The lowest BCUT2D eigenvalue weighted by atomic mass is 9.85. The molecule has 0 radical (unpaired) electrons. The minimum Gasteiger partial charge on any atom is -0.449 e. The second-order valence-electron chi connectivity index (χ2n) is 5.96. The summed E-state index contributed by atoms with van der Waals surface area (Å²) in [7, 11) is 0. The number of carbonyl (C=O) groups is 1. The molecule has 0 aliphatic heterocycles. The predicted molar refractivity (Wildman–Crippen MR) is 89.3 cm³/mol. The van der Waals surface area contributed by atoms with Gasteiger partial charge in [-0.05, 0) is 50.7 Å². The highest BCUT2D eigenvalue weighted by Gasteiger charge is 2.26. The Bertz CT molecular complexity index is 773. The normalized spacial score (nSPS) is 16.6. The maximum Gasteiger partial charge on any atom is 0.419 e. The number of hydrogen-bond acceptors (Lipinski definition) is 3. The van der Waals surface area contributed by atoms with Gasteiger partial charge in [0.25, 0.3) is 0 Å². The van der Waals surface area contributed by atoms with Crippen LogP contribution < -0.4 is 0 Å². The molecule has 0 spiro atoms. The monoisotopic (exact) mass is 311 g/mol. The number of aliphatic hydroxyl groups is 1. The van der Waals surface area contributed by atoms with E-state index < -0.39 is 11.7 Å². The average Bonchev–Trinajstić information content (AvgIpc) is 2.92. The molecule has 2 aromatic rings. The van der Waals surface area contributed by atoms with Crippen molar-refractivity contribution >= 4 is 17.0 Å². The van der Waals surface area contributed by atoms with Crippen molar-refractivity contribution < 1.29 is 14.6 Å². The van der Waals surface area contributed by atoms with Crippen LogP contribution in [0.3, 0.4) is 0 Å². The molecular weight excluding hydrogens is 290 g/mol. The van der Waals surface area contributed by atoms with Crippen molar-refractivity contribution in [2.45, 2.75) is 44.6 Å². The highest BCUT2D eigenvalue weighted by molar-refractivity contribution is 5.91. The zero-order chi connectivity index (χ0) is 16.3. The highest BCUT2D eigenvalue weighted by Crippen LogP contribution is 2.27. The highest BCUT2D eigenvalue weighted by atomic mass is 16.5. The van der Waals surface area contributed by atoms with Crippen molar-refractivity contribution in [3.05, 3.63) is 36.0 Å². The van der Waals surface area contributed by atoms with Crippen molar-refractivity contribution in [2.24, 2.45) is 0 Å². The molecule has 1 aliphatic carbocycles.